The number of methoxy groups -OCH3 is 1. The molecule has 0 bridgehead atoms. The fraction of sp³-hybridized carbons (Fsp3) is 0.0667. The number of hydrogen-bond acceptors (Lipinski definition) is 5. The Bertz CT molecular complexity index is 681. The van der Waals surface area contributed by atoms with E-state index >= 15 is 0 Å². The van der Waals surface area contributed by atoms with E-state index in [0.29, 0.717) is 11.3 Å². The number of carbonyl (C=O) groups is 1. The van der Waals surface area contributed by atoms with Crippen LogP contribution in [0.3, 0.4) is 0 Å². The first kappa shape index (κ1) is 12.2. The van der Waals surface area contributed by atoms with Gasteiger partial charge >= 0.3 is 5.97 Å². The molecule has 0 atom stereocenters. The largest absolute Gasteiger partial charge is 0.497 e. The SMILES string of the molecule is COc1ccc(C2=N/C(=C/c3ccco3)C(=O)O2)cc1. The molecule has 0 saturated carbocycles. The van der Waals surface area contributed by atoms with Crippen molar-refractivity contribution in [3.8, 4) is 5.75 Å². The van der Waals surface area contributed by atoms with Gasteiger partial charge in [0.25, 0.3) is 0 Å². The summed E-state index contributed by atoms with van der Waals surface area (Å²) in [5, 5.41) is 0. The Balaban J connectivity index is 1.89. The lowest BCUT2D eigenvalue weighted by Gasteiger charge is -2.01. The first-order valence-electron chi connectivity index (χ1n) is 5.97. The highest BCUT2D eigenvalue weighted by Crippen LogP contribution is 2.20. The summed E-state index contributed by atoms with van der Waals surface area (Å²) in [5.74, 6) is 1.06. The van der Waals surface area contributed by atoms with Crippen LogP contribution in [0.25, 0.3) is 6.08 Å². The van der Waals surface area contributed by atoms with Crippen LogP contribution in [0.5, 0.6) is 5.75 Å². The molecule has 0 spiro atoms. The van der Waals surface area contributed by atoms with E-state index in [1.165, 1.54) is 6.26 Å². The molecule has 5 nitrogen and oxygen atoms in total. The maximum atomic E-state index is 11.7. The molecule has 2 heterocycles. The summed E-state index contributed by atoms with van der Waals surface area (Å²) in [5.41, 5.74) is 0.924. The van der Waals surface area contributed by atoms with Crippen molar-refractivity contribution in [2.24, 2.45) is 4.99 Å². The highest BCUT2D eigenvalue weighted by molar-refractivity contribution is 6.12. The number of hydrogen-bond donors (Lipinski definition) is 0. The van der Waals surface area contributed by atoms with Gasteiger partial charge in [-0.2, -0.15) is 0 Å². The zero-order chi connectivity index (χ0) is 13.9. The lowest BCUT2D eigenvalue weighted by atomic mass is 10.2. The quantitative estimate of drug-likeness (QED) is 0.634. The number of rotatable bonds is 3. The summed E-state index contributed by atoms with van der Waals surface area (Å²) in [4.78, 5) is 15.9. The van der Waals surface area contributed by atoms with E-state index in [1.54, 1.807) is 49.6 Å². The smallest absolute Gasteiger partial charge is 0.363 e. The van der Waals surface area contributed by atoms with Gasteiger partial charge in [0.2, 0.25) is 5.90 Å². The second kappa shape index (κ2) is 5.05. The normalized spacial score (nSPS) is 16.1. The Labute approximate surface area is 115 Å². The van der Waals surface area contributed by atoms with Gasteiger partial charge in [-0.1, -0.05) is 0 Å². The molecule has 0 fully saturated rings. The molecule has 0 aliphatic carbocycles. The molecule has 5 heteroatoms. The third-order valence-electron chi connectivity index (χ3n) is 2.78. The Hall–Kier alpha value is -2.82. The maximum absolute atomic E-state index is 11.7. The number of aliphatic imine (C=N–C) groups is 1. The molecule has 0 radical (unpaired) electrons. The van der Waals surface area contributed by atoms with Gasteiger partial charge in [0.15, 0.2) is 5.70 Å². The van der Waals surface area contributed by atoms with Crippen LogP contribution < -0.4 is 4.74 Å². The van der Waals surface area contributed by atoms with Crippen molar-refractivity contribution in [1.82, 2.24) is 0 Å². The van der Waals surface area contributed by atoms with Crippen LogP contribution in [0, 0.1) is 0 Å². The number of benzene rings is 1. The molecular weight excluding hydrogens is 258 g/mol. The molecule has 0 N–H and O–H groups in total. The minimum absolute atomic E-state index is 0.214. The molecule has 1 aromatic heterocycles. The van der Waals surface area contributed by atoms with Gasteiger partial charge in [-0.05, 0) is 36.4 Å². The van der Waals surface area contributed by atoms with Crippen LogP contribution in [-0.4, -0.2) is 19.0 Å². The lowest BCUT2D eigenvalue weighted by molar-refractivity contribution is -0.129. The molecule has 3 rings (SSSR count). The third-order valence-corrected chi connectivity index (χ3v) is 2.78. The van der Waals surface area contributed by atoms with Gasteiger partial charge in [-0.3, -0.25) is 0 Å². The first-order valence-corrected chi connectivity index (χ1v) is 5.97. The molecule has 1 aliphatic rings. The second-order valence-corrected chi connectivity index (χ2v) is 4.08. The predicted octanol–water partition coefficient (Wildman–Crippen LogP) is 2.63. The molecule has 0 amide bonds. The van der Waals surface area contributed by atoms with Crippen molar-refractivity contribution in [2.45, 2.75) is 0 Å². The van der Waals surface area contributed by atoms with Gasteiger partial charge in [-0.15, -0.1) is 0 Å². The van der Waals surface area contributed by atoms with E-state index in [-0.39, 0.29) is 11.6 Å². The Kier molecular flexibility index (Phi) is 3.09. The average molecular weight is 269 g/mol. The van der Waals surface area contributed by atoms with E-state index in [0.717, 1.165) is 5.75 Å². The van der Waals surface area contributed by atoms with Crippen molar-refractivity contribution in [3.63, 3.8) is 0 Å². The van der Waals surface area contributed by atoms with E-state index in [1.807, 2.05) is 0 Å². The standard InChI is InChI=1S/C15H11NO4/c1-18-11-6-4-10(5-7-11)14-16-13(15(17)20-14)9-12-3-2-8-19-12/h2-9H,1H3/b13-9+. The number of carbonyl (C=O) groups excluding carboxylic acids is 1. The van der Waals surface area contributed by atoms with E-state index in [4.69, 9.17) is 13.9 Å². The van der Waals surface area contributed by atoms with Crippen molar-refractivity contribution in [2.75, 3.05) is 7.11 Å². The zero-order valence-corrected chi connectivity index (χ0v) is 10.7. The van der Waals surface area contributed by atoms with Crippen LogP contribution in [-0.2, 0) is 9.53 Å². The van der Waals surface area contributed by atoms with E-state index in [9.17, 15) is 4.79 Å². The fourth-order valence-electron chi connectivity index (χ4n) is 1.77. The lowest BCUT2D eigenvalue weighted by Crippen LogP contribution is -2.05. The van der Waals surface area contributed by atoms with Crippen LogP contribution in [0.15, 0.2) is 57.8 Å². The molecular formula is C15H11NO4. The Morgan fingerprint density at radius 2 is 2.00 bits per heavy atom. The molecule has 0 unspecified atom stereocenters. The molecule has 2 aromatic rings. The number of esters is 1. The number of nitrogens with zero attached hydrogens (tertiary/aromatic N) is 1. The monoisotopic (exact) mass is 269 g/mol. The van der Waals surface area contributed by atoms with Gasteiger partial charge in [0, 0.05) is 11.6 Å². The van der Waals surface area contributed by atoms with Crippen molar-refractivity contribution >= 4 is 17.9 Å². The molecule has 100 valence electrons. The van der Waals surface area contributed by atoms with Gasteiger partial charge in [-0.25, -0.2) is 9.79 Å². The molecule has 1 aromatic carbocycles. The van der Waals surface area contributed by atoms with Crippen molar-refractivity contribution in [1.29, 1.82) is 0 Å². The van der Waals surface area contributed by atoms with Crippen molar-refractivity contribution < 1.29 is 18.7 Å². The summed E-state index contributed by atoms with van der Waals surface area (Å²) in [7, 11) is 1.59. The van der Waals surface area contributed by atoms with E-state index < -0.39 is 5.97 Å². The van der Waals surface area contributed by atoms with Crippen LogP contribution in [0.2, 0.25) is 0 Å². The maximum Gasteiger partial charge on any atom is 0.363 e. The first-order chi connectivity index (χ1) is 9.76. The minimum atomic E-state index is -0.493. The summed E-state index contributed by atoms with van der Waals surface area (Å²) in [6, 6.07) is 10.6. The van der Waals surface area contributed by atoms with Crippen LogP contribution in [0.4, 0.5) is 0 Å². The average Bonchev–Trinajstić information content (AvgIpc) is 3.10. The summed E-state index contributed by atoms with van der Waals surface area (Å²) < 4.78 is 15.4. The molecule has 0 saturated heterocycles. The van der Waals surface area contributed by atoms with Crippen molar-refractivity contribution in [3.05, 3.63) is 59.7 Å². The Morgan fingerprint density at radius 1 is 1.20 bits per heavy atom. The third kappa shape index (κ3) is 2.33. The second-order valence-electron chi connectivity index (χ2n) is 4.08. The highest BCUT2D eigenvalue weighted by Gasteiger charge is 2.24. The summed E-state index contributed by atoms with van der Waals surface area (Å²) in [6.07, 6.45) is 3.07. The fourth-order valence-corrected chi connectivity index (χ4v) is 1.77. The number of ether oxygens (including phenoxy) is 2. The molecule has 1 aliphatic heterocycles. The minimum Gasteiger partial charge on any atom is -0.497 e. The van der Waals surface area contributed by atoms with Crippen LogP contribution in [0.1, 0.15) is 11.3 Å². The zero-order valence-electron chi connectivity index (χ0n) is 10.7. The van der Waals surface area contributed by atoms with Gasteiger partial charge in [0.05, 0.1) is 13.4 Å². The highest BCUT2D eigenvalue weighted by atomic mass is 16.6. The van der Waals surface area contributed by atoms with E-state index in [2.05, 4.69) is 4.99 Å². The van der Waals surface area contributed by atoms with Crippen LogP contribution >= 0.6 is 0 Å². The number of furan rings is 1. The number of cyclic esters (lactones) is 1. The Morgan fingerprint density at radius 3 is 2.65 bits per heavy atom. The summed E-state index contributed by atoms with van der Waals surface area (Å²) in [6.45, 7) is 0. The van der Waals surface area contributed by atoms with Gasteiger partial charge in [0.1, 0.15) is 11.5 Å². The molecule has 20 heavy (non-hydrogen) atoms. The summed E-state index contributed by atoms with van der Waals surface area (Å²) >= 11 is 0. The predicted molar refractivity (Wildman–Crippen MR) is 72.3 cm³/mol. The topological polar surface area (TPSA) is 61.0 Å². The van der Waals surface area contributed by atoms with Gasteiger partial charge < -0.3 is 13.9 Å².